The molecule has 110 valence electrons. The molecule has 5 heteroatoms. The van der Waals surface area contributed by atoms with Crippen LogP contribution in [0.15, 0.2) is 42.6 Å². The van der Waals surface area contributed by atoms with Crippen LogP contribution < -0.4 is 9.47 Å². The van der Waals surface area contributed by atoms with Crippen LogP contribution in [-0.2, 0) is 11.3 Å². The van der Waals surface area contributed by atoms with Crippen molar-refractivity contribution < 1.29 is 19.0 Å². The van der Waals surface area contributed by atoms with Gasteiger partial charge in [0.15, 0.2) is 0 Å². The predicted octanol–water partition coefficient (Wildman–Crippen LogP) is 2.85. The number of nitrogens with zero attached hydrogens (tertiary/aromatic N) is 1. The molecule has 1 aromatic heterocycles. The number of pyridine rings is 1. The largest absolute Gasteiger partial charge is 0.493 e. The Morgan fingerprint density at radius 2 is 2.00 bits per heavy atom. The SMILES string of the molecule is CCOc1ccccc1COC(=O)c1ccc(OC)nc1. The van der Waals surface area contributed by atoms with Crippen molar-refractivity contribution in [2.75, 3.05) is 13.7 Å². The van der Waals surface area contributed by atoms with Crippen molar-refractivity contribution in [2.45, 2.75) is 13.5 Å². The van der Waals surface area contributed by atoms with Crippen LogP contribution in [0.5, 0.6) is 11.6 Å². The lowest BCUT2D eigenvalue weighted by atomic mass is 10.2. The highest BCUT2D eigenvalue weighted by Crippen LogP contribution is 2.19. The molecule has 21 heavy (non-hydrogen) atoms. The smallest absolute Gasteiger partial charge is 0.340 e. The van der Waals surface area contributed by atoms with Gasteiger partial charge in [-0.1, -0.05) is 18.2 Å². The van der Waals surface area contributed by atoms with Crippen LogP contribution in [0.3, 0.4) is 0 Å². The lowest BCUT2D eigenvalue weighted by molar-refractivity contribution is 0.0469. The van der Waals surface area contributed by atoms with E-state index in [1.165, 1.54) is 13.3 Å². The molecule has 0 fully saturated rings. The van der Waals surface area contributed by atoms with Gasteiger partial charge in [-0.15, -0.1) is 0 Å². The Kier molecular flexibility index (Phi) is 5.15. The highest BCUT2D eigenvalue weighted by atomic mass is 16.5. The summed E-state index contributed by atoms with van der Waals surface area (Å²) in [5.41, 5.74) is 1.21. The molecular weight excluding hydrogens is 270 g/mol. The van der Waals surface area contributed by atoms with E-state index < -0.39 is 5.97 Å². The van der Waals surface area contributed by atoms with E-state index in [4.69, 9.17) is 14.2 Å². The standard InChI is InChI=1S/C16H17NO4/c1-3-20-14-7-5-4-6-13(14)11-21-16(18)12-8-9-15(19-2)17-10-12/h4-10H,3,11H2,1-2H3. The second-order valence-electron chi connectivity index (χ2n) is 4.21. The van der Waals surface area contributed by atoms with Crippen molar-refractivity contribution in [1.29, 1.82) is 0 Å². The second-order valence-corrected chi connectivity index (χ2v) is 4.21. The Morgan fingerprint density at radius 3 is 2.67 bits per heavy atom. The first-order valence-electron chi connectivity index (χ1n) is 6.62. The Balaban J connectivity index is 2.00. The van der Waals surface area contributed by atoms with Crippen molar-refractivity contribution in [2.24, 2.45) is 0 Å². The number of methoxy groups -OCH3 is 1. The Bertz CT molecular complexity index is 595. The first kappa shape index (κ1) is 14.8. The van der Waals surface area contributed by atoms with Gasteiger partial charge in [0.25, 0.3) is 0 Å². The monoisotopic (exact) mass is 287 g/mol. The van der Waals surface area contributed by atoms with E-state index in [0.717, 1.165) is 11.3 Å². The van der Waals surface area contributed by atoms with Gasteiger partial charge >= 0.3 is 5.97 Å². The molecule has 0 unspecified atom stereocenters. The minimum absolute atomic E-state index is 0.154. The average molecular weight is 287 g/mol. The molecule has 0 aliphatic rings. The number of para-hydroxylation sites is 1. The van der Waals surface area contributed by atoms with Crippen LogP contribution in [0.1, 0.15) is 22.8 Å². The van der Waals surface area contributed by atoms with Crippen molar-refractivity contribution in [3.63, 3.8) is 0 Å². The Morgan fingerprint density at radius 1 is 1.19 bits per heavy atom. The molecule has 0 atom stereocenters. The third-order valence-electron chi connectivity index (χ3n) is 2.81. The van der Waals surface area contributed by atoms with Crippen LogP contribution in [0, 0.1) is 0 Å². The molecule has 0 aliphatic carbocycles. The van der Waals surface area contributed by atoms with Crippen LogP contribution in [0.4, 0.5) is 0 Å². The third-order valence-corrected chi connectivity index (χ3v) is 2.81. The van der Waals surface area contributed by atoms with Crippen LogP contribution in [0.25, 0.3) is 0 Å². The van der Waals surface area contributed by atoms with Gasteiger partial charge in [0, 0.05) is 17.8 Å². The average Bonchev–Trinajstić information content (AvgIpc) is 2.54. The summed E-state index contributed by atoms with van der Waals surface area (Å²) in [5.74, 6) is 0.741. The number of aromatic nitrogens is 1. The number of benzene rings is 1. The Hall–Kier alpha value is -2.56. The molecule has 0 aliphatic heterocycles. The number of hydrogen-bond acceptors (Lipinski definition) is 5. The molecule has 0 amide bonds. The van der Waals surface area contributed by atoms with Gasteiger partial charge in [-0.2, -0.15) is 0 Å². The summed E-state index contributed by atoms with van der Waals surface area (Å²) in [6.07, 6.45) is 1.43. The lowest BCUT2D eigenvalue weighted by Gasteiger charge is -2.10. The van der Waals surface area contributed by atoms with E-state index in [2.05, 4.69) is 4.98 Å². The van der Waals surface area contributed by atoms with Gasteiger partial charge in [0.1, 0.15) is 12.4 Å². The van der Waals surface area contributed by atoms with Gasteiger partial charge in [-0.05, 0) is 19.1 Å². The number of carbonyl (C=O) groups is 1. The number of rotatable bonds is 6. The number of esters is 1. The van der Waals surface area contributed by atoms with Crippen LogP contribution in [0.2, 0.25) is 0 Å². The molecule has 0 bridgehead atoms. The van der Waals surface area contributed by atoms with E-state index >= 15 is 0 Å². The highest BCUT2D eigenvalue weighted by Gasteiger charge is 2.10. The molecule has 0 radical (unpaired) electrons. The summed E-state index contributed by atoms with van der Waals surface area (Å²) in [6, 6.07) is 10.7. The van der Waals surface area contributed by atoms with Crippen molar-refractivity contribution in [1.82, 2.24) is 4.98 Å². The zero-order valence-electron chi connectivity index (χ0n) is 12.0. The van der Waals surface area contributed by atoms with Gasteiger partial charge in [-0.25, -0.2) is 9.78 Å². The van der Waals surface area contributed by atoms with Crippen molar-refractivity contribution in [3.8, 4) is 11.6 Å². The summed E-state index contributed by atoms with van der Waals surface area (Å²) >= 11 is 0. The zero-order chi connectivity index (χ0) is 15.1. The minimum atomic E-state index is -0.434. The number of carbonyl (C=O) groups excluding carboxylic acids is 1. The van der Waals surface area contributed by atoms with Gasteiger partial charge in [0.2, 0.25) is 5.88 Å². The number of hydrogen-bond donors (Lipinski definition) is 0. The minimum Gasteiger partial charge on any atom is -0.493 e. The van der Waals surface area contributed by atoms with Crippen molar-refractivity contribution >= 4 is 5.97 Å². The van der Waals surface area contributed by atoms with E-state index in [9.17, 15) is 4.79 Å². The molecule has 1 heterocycles. The first-order valence-corrected chi connectivity index (χ1v) is 6.62. The Labute approximate surface area is 123 Å². The molecular formula is C16H17NO4. The van der Waals surface area contributed by atoms with Crippen molar-refractivity contribution in [3.05, 3.63) is 53.7 Å². The molecule has 0 N–H and O–H groups in total. The quantitative estimate of drug-likeness (QED) is 0.765. The molecule has 2 aromatic rings. The second kappa shape index (κ2) is 7.28. The summed E-state index contributed by atoms with van der Waals surface area (Å²) in [6.45, 7) is 2.63. The summed E-state index contributed by atoms with van der Waals surface area (Å²) < 4.78 is 15.7. The van der Waals surface area contributed by atoms with E-state index in [0.29, 0.717) is 18.1 Å². The van der Waals surface area contributed by atoms with Crippen LogP contribution in [-0.4, -0.2) is 24.7 Å². The molecule has 1 aromatic carbocycles. The first-order chi connectivity index (χ1) is 10.2. The molecule has 0 spiro atoms. The van der Waals surface area contributed by atoms with Gasteiger partial charge < -0.3 is 14.2 Å². The maximum atomic E-state index is 11.9. The third kappa shape index (κ3) is 3.95. The zero-order valence-corrected chi connectivity index (χ0v) is 12.0. The maximum Gasteiger partial charge on any atom is 0.340 e. The summed E-state index contributed by atoms with van der Waals surface area (Å²) in [5, 5.41) is 0. The molecule has 2 rings (SSSR count). The fourth-order valence-electron chi connectivity index (χ4n) is 1.77. The van der Waals surface area contributed by atoms with E-state index in [-0.39, 0.29) is 6.61 Å². The predicted molar refractivity (Wildman–Crippen MR) is 77.5 cm³/mol. The topological polar surface area (TPSA) is 57.7 Å². The maximum absolute atomic E-state index is 11.9. The number of ether oxygens (including phenoxy) is 3. The summed E-state index contributed by atoms with van der Waals surface area (Å²) in [7, 11) is 1.52. The normalized spacial score (nSPS) is 10.0. The fraction of sp³-hybridized carbons (Fsp3) is 0.250. The fourth-order valence-corrected chi connectivity index (χ4v) is 1.77. The molecule has 0 saturated carbocycles. The molecule has 0 saturated heterocycles. The van der Waals surface area contributed by atoms with Gasteiger partial charge in [-0.3, -0.25) is 0 Å². The lowest BCUT2D eigenvalue weighted by Crippen LogP contribution is -2.07. The van der Waals surface area contributed by atoms with Crippen LogP contribution >= 0.6 is 0 Å². The summed E-state index contributed by atoms with van der Waals surface area (Å²) in [4.78, 5) is 15.9. The van der Waals surface area contributed by atoms with E-state index in [1.54, 1.807) is 12.1 Å². The highest BCUT2D eigenvalue weighted by molar-refractivity contribution is 5.89. The van der Waals surface area contributed by atoms with Gasteiger partial charge in [0.05, 0.1) is 19.3 Å². The van der Waals surface area contributed by atoms with E-state index in [1.807, 2.05) is 31.2 Å². The molecule has 5 nitrogen and oxygen atoms in total.